The molecule has 0 radical (unpaired) electrons. The van der Waals surface area contributed by atoms with E-state index >= 15 is 0 Å². The molecule has 0 unspecified atom stereocenters. The molecule has 29 heavy (non-hydrogen) atoms. The van der Waals surface area contributed by atoms with Gasteiger partial charge in [0, 0.05) is 5.56 Å². The SMILES string of the molecule is CCOC(=O)c1cc(-c2ccccc2)c(C(=O)OC(C)(C)C)c(-c2cccs2)n1. The largest absolute Gasteiger partial charge is 0.461 e. The lowest BCUT2D eigenvalue weighted by Crippen LogP contribution is -2.25. The maximum Gasteiger partial charge on any atom is 0.356 e. The zero-order chi connectivity index (χ0) is 21.0. The van der Waals surface area contributed by atoms with Gasteiger partial charge in [-0.05, 0) is 50.8 Å². The molecule has 1 aromatic carbocycles. The summed E-state index contributed by atoms with van der Waals surface area (Å²) in [5, 5.41) is 1.90. The van der Waals surface area contributed by atoms with Gasteiger partial charge in [0.1, 0.15) is 11.3 Å². The third-order valence-electron chi connectivity index (χ3n) is 3.95. The van der Waals surface area contributed by atoms with Crippen LogP contribution in [0.25, 0.3) is 21.7 Å². The molecule has 0 fully saturated rings. The van der Waals surface area contributed by atoms with E-state index in [9.17, 15) is 9.59 Å². The predicted octanol–water partition coefficient (Wildman–Crippen LogP) is 5.61. The number of carbonyl (C=O) groups is 2. The Morgan fingerprint density at radius 3 is 2.34 bits per heavy atom. The van der Waals surface area contributed by atoms with Crippen molar-refractivity contribution in [3.05, 3.63) is 65.2 Å². The minimum Gasteiger partial charge on any atom is -0.461 e. The molecule has 0 saturated heterocycles. The van der Waals surface area contributed by atoms with E-state index in [-0.39, 0.29) is 12.3 Å². The van der Waals surface area contributed by atoms with E-state index in [1.54, 1.807) is 13.0 Å². The fraction of sp³-hybridized carbons (Fsp3) is 0.261. The molecule has 0 aliphatic rings. The van der Waals surface area contributed by atoms with Crippen molar-refractivity contribution in [1.82, 2.24) is 4.98 Å². The number of hydrogen-bond acceptors (Lipinski definition) is 6. The minimum absolute atomic E-state index is 0.154. The van der Waals surface area contributed by atoms with Crippen LogP contribution in [-0.2, 0) is 9.47 Å². The molecule has 2 aromatic heterocycles. The maximum atomic E-state index is 13.2. The van der Waals surface area contributed by atoms with Crippen molar-refractivity contribution in [1.29, 1.82) is 0 Å². The maximum absolute atomic E-state index is 13.2. The highest BCUT2D eigenvalue weighted by molar-refractivity contribution is 7.13. The van der Waals surface area contributed by atoms with E-state index in [0.717, 1.165) is 10.4 Å². The highest BCUT2D eigenvalue weighted by Gasteiger charge is 2.28. The van der Waals surface area contributed by atoms with Crippen molar-refractivity contribution in [2.45, 2.75) is 33.3 Å². The Morgan fingerprint density at radius 2 is 1.76 bits per heavy atom. The van der Waals surface area contributed by atoms with Crippen LogP contribution in [0.3, 0.4) is 0 Å². The second-order valence-electron chi connectivity index (χ2n) is 7.34. The van der Waals surface area contributed by atoms with Crippen LogP contribution in [0.1, 0.15) is 48.5 Å². The van der Waals surface area contributed by atoms with Crippen LogP contribution < -0.4 is 0 Å². The summed E-state index contributed by atoms with van der Waals surface area (Å²) in [4.78, 5) is 30.9. The molecule has 0 N–H and O–H groups in total. The topological polar surface area (TPSA) is 65.5 Å². The number of carbonyl (C=O) groups excluding carboxylic acids is 2. The molecule has 150 valence electrons. The molecule has 6 heteroatoms. The normalized spacial score (nSPS) is 11.2. The number of nitrogens with zero attached hydrogens (tertiary/aromatic N) is 1. The van der Waals surface area contributed by atoms with Gasteiger partial charge in [0.2, 0.25) is 0 Å². The Bertz CT molecular complexity index is 1010. The molecule has 0 spiro atoms. The summed E-state index contributed by atoms with van der Waals surface area (Å²) in [6.45, 7) is 7.43. The Kier molecular flexibility index (Phi) is 6.13. The predicted molar refractivity (Wildman–Crippen MR) is 114 cm³/mol. The smallest absolute Gasteiger partial charge is 0.356 e. The average molecular weight is 410 g/mol. The first-order chi connectivity index (χ1) is 13.8. The molecular formula is C23H23NO4S. The number of esters is 2. The Hall–Kier alpha value is -2.99. The van der Waals surface area contributed by atoms with Crippen molar-refractivity contribution in [3.63, 3.8) is 0 Å². The summed E-state index contributed by atoms with van der Waals surface area (Å²) < 4.78 is 10.8. The molecule has 3 aromatic rings. The summed E-state index contributed by atoms with van der Waals surface area (Å²) in [6.07, 6.45) is 0. The summed E-state index contributed by atoms with van der Waals surface area (Å²) in [5.74, 6) is -1.01. The number of benzene rings is 1. The number of ether oxygens (including phenoxy) is 2. The molecule has 0 bridgehead atoms. The average Bonchev–Trinajstić information content (AvgIpc) is 3.21. The van der Waals surface area contributed by atoms with Gasteiger partial charge < -0.3 is 9.47 Å². The monoisotopic (exact) mass is 409 g/mol. The summed E-state index contributed by atoms with van der Waals surface area (Å²) in [7, 11) is 0. The second-order valence-corrected chi connectivity index (χ2v) is 8.29. The van der Waals surface area contributed by atoms with Gasteiger partial charge >= 0.3 is 11.9 Å². The van der Waals surface area contributed by atoms with E-state index in [0.29, 0.717) is 16.8 Å². The van der Waals surface area contributed by atoms with Crippen LogP contribution in [-0.4, -0.2) is 29.1 Å². The zero-order valence-corrected chi connectivity index (χ0v) is 17.7. The van der Waals surface area contributed by atoms with Crippen LogP contribution in [0, 0.1) is 0 Å². The highest BCUT2D eigenvalue weighted by atomic mass is 32.1. The number of thiophene rings is 1. The molecule has 0 saturated carbocycles. The standard InChI is InChI=1S/C23H23NO4S/c1-5-27-21(25)17-14-16(15-10-7-6-8-11-15)19(22(26)28-23(2,3)4)20(24-17)18-12-9-13-29-18/h6-14H,5H2,1-4H3. The lowest BCUT2D eigenvalue weighted by molar-refractivity contribution is 0.00704. The molecule has 3 rings (SSSR count). The van der Waals surface area contributed by atoms with Crippen molar-refractivity contribution < 1.29 is 19.1 Å². The van der Waals surface area contributed by atoms with E-state index in [1.165, 1.54) is 11.3 Å². The Morgan fingerprint density at radius 1 is 1.03 bits per heavy atom. The molecule has 5 nitrogen and oxygen atoms in total. The summed E-state index contributed by atoms with van der Waals surface area (Å²) >= 11 is 1.44. The van der Waals surface area contributed by atoms with Gasteiger partial charge in [-0.15, -0.1) is 11.3 Å². The van der Waals surface area contributed by atoms with Crippen LogP contribution in [0.4, 0.5) is 0 Å². The van der Waals surface area contributed by atoms with Gasteiger partial charge in [-0.2, -0.15) is 0 Å². The summed E-state index contributed by atoms with van der Waals surface area (Å²) in [6, 6.07) is 14.8. The first kappa shape index (κ1) is 20.7. The van der Waals surface area contributed by atoms with Gasteiger partial charge in [-0.1, -0.05) is 36.4 Å². The third-order valence-corrected chi connectivity index (χ3v) is 4.82. The molecule has 0 aliphatic carbocycles. The first-order valence-electron chi connectivity index (χ1n) is 9.35. The van der Waals surface area contributed by atoms with E-state index in [2.05, 4.69) is 4.98 Å². The number of pyridine rings is 1. The number of rotatable bonds is 5. The minimum atomic E-state index is -0.669. The zero-order valence-electron chi connectivity index (χ0n) is 16.9. The van der Waals surface area contributed by atoms with Crippen molar-refractivity contribution in [2.24, 2.45) is 0 Å². The number of aromatic nitrogens is 1. The number of hydrogen-bond donors (Lipinski definition) is 0. The molecular weight excluding hydrogens is 386 g/mol. The Labute approximate surface area is 174 Å². The molecule has 0 amide bonds. The molecule has 0 aliphatic heterocycles. The molecule has 2 heterocycles. The van der Waals surface area contributed by atoms with Crippen LogP contribution in [0.5, 0.6) is 0 Å². The summed E-state index contributed by atoms with van der Waals surface area (Å²) in [5.41, 5.74) is 1.61. The molecule has 0 atom stereocenters. The van der Waals surface area contributed by atoms with Gasteiger partial charge in [0.25, 0.3) is 0 Å². The van der Waals surface area contributed by atoms with Crippen molar-refractivity contribution >= 4 is 23.3 Å². The van der Waals surface area contributed by atoms with Crippen LogP contribution >= 0.6 is 11.3 Å². The van der Waals surface area contributed by atoms with Crippen LogP contribution in [0.2, 0.25) is 0 Å². The van der Waals surface area contributed by atoms with E-state index in [1.807, 2.05) is 68.6 Å². The fourth-order valence-electron chi connectivity index (χ4n) is 2.83. The van der Waals surface area contributed by atoms with Gasteiger partial charge in [0.15, 0.2) is 0 Å². The van der Waals surface area contributed by atoms with E-state index in [4.69, 9.17) is 9.47 Å². The van der Waals surface area contributed by atoms with Gasteiger partial charge in [-0.25, -0.2) is 14.6 Å². The van der Waals surface area contributed by atoms with E-state index < -0.39 is 17.5 Å². The lowest BCUT2D eigenvalue weighted by atomic mass is 9.96. The lowest BCUT2D eigenvalue weighted by Gasteiger charge is -2.22. The third kappa shape index (κ3) is 4.90. The van der Waals surface area contributed by atoms with Crippen molar-refractivity contribution in [2.75, 3.05) is 6.61 Å². The van der Waals surface area contributed by atoms with Crippen LogP contribution in [0.15, 0.2) is 53.9 Å². The quantitative estimate of drug-likeness (QED) is 0.513. The van der Waals surface area contributed by atoms with Gasteiger partial charge in [0.05, 0.1) is 22.7 Å². The second kappa shape index (κ2) is 8.57. The fourth-order valence-corrected chi connectivity index (χ4v) is 3.55. The highest BCUT2D eigenvalue weighted by Crippen LogP contribution is 2.35. The van der Waals surface area contributed by atoms with Crippen molar-refractivity contribution in [3.8, 4) is 21.7 Å². The Balaban J connectivity index is 2.30. The van der Waals surface area contributed by atoms with Gasteiger partial charge in [-0.3, -0.25) is 0 Å². The first-order valence-corrected chi connectivity index (χ1v) is 10.2.